The van der Waals surface area contributed by atoms with Gasteiger partial charge in [0, 0.05) is 13.3 Å². The molecule has 1 atom stereocenters. The van der Waals surface area contributed by atoms with Crippen LogP contribution in [0.3, 0.4) is 0 Å². The van der Waals surface area contributed by atoms with Gasteiger partial charge in [0.1, 0.15) is 5.75 Å². The summed E-state index contributed by atoms with van der Waals surface area (Å²) in [6.45, 7) is 5.79. The lowest BCUT2D eigenvalue weighted by Crippen LogP contribution is -2.08. The summed E-state index contributed by atoms with van der Waals surface area (Å²) in [5.74, 6) is 1.47. The standard InChI is InChI=1S/C15H20N2O2/c1-10(2)14(9-15(18)11(3)17-16)12-5-7-13(19-4)8-6-12/h5-8,10,14H,9H2,1-4H3/p+1. The van der Waals surface area contributed by atoms with Crippen molar-refractivity contribution in [2.24, 2.45) is 5.92 Å². The molecule has 1 aromatic carbocycles. The van der Waals surface area contributed by atoms with E-state index in [4.69, 9.17) is 10.1 Å². The Morgan fingerprint density at radius 2 is 1.89 bits per heavy atom. The molecule has 102 valence electrons. The van der Waals surface area contributed by atoms with Crippen molar-refractivity contribution in [3.63, 3.8) is 0 Å². The van der Waals surface area contributed by atoms with Crippen LogP contribution in [0.5, 0.6) is 5.75 Å². The van der Waals surface area contributed by atoms with Crippen molar-refractivity contribution in [1.29, 1.82) is 5.39 Å². The van der Waals surface area contributed by atoms with Gasteiger partial charge in [-0.1, -0.05) is 26.0 Å². The Bertz CT molecular complexity index is 484. The normalized spacial score (nSPS) is 13.7. The first-order valence-corrected chi connectivity index (χ1v) is 6.37. The van der Waals surface area contributed by atoms with E-state index in [1.165, 1.54) is 0 Å². The zero-order chi connectivity index (χ0) is 14.4. The molecule has 1 unspecified atom stereocenters. The van der Waals surface area contributed by atoms with E-state index in [-0.39, 0.29) is 17.4 Å². The molecule has 4 nitrogen and oxygen atoms in total. The molecule has 1 rings (SSSR count). The summed E-state index contributed by atoms with van der Waals surface area (Å²) in [6, 6.07) is 7.83. The summed E-state index contributed by atoms with van der Waals surface area (Å²) in [6.07, 6.45) is 0.458. The van der Waals surface area contributed by atoms with E-state index in [0.717, 1.165) is 11.3 Å². The van der Waals surface area contributed by atoms with Crippen molar-refractivity contribution in [3.8, 4) is 5.75 Å². The SMILES string of the molecule is COc1ccc(C(CC(O)=C(C)[N+]#N)C(C)C)cc1. The maximum atomic E-state index is 9.90. The molecule has 0 fully saturated rings. The van der Waals surface area contributed by atoms with Crippen molar-refractivity contribution >= 4 is 0 Å². The minimum absolute atomic E-state index is 0.122. The first-order valence-electron chi connectivity index (χ1n) is 6.37. The van der Waals surface area contributed by atoms with Gasteiger partial charge >= 0.3 is 5.70 Å². The predicted molar refractivity (Wildman–Crippen MR) is 75.6 cm³/mol. The monoisotopic (exact) mass is 261 g/mol. The highest BCUT2D eigenvalue weighted by Gasteiger charge is 2.22. The van der Waals surface area contributed by atoms with Crippen LogP contribution in [0.1, 0.15) is 38.7 Å². The molecule has 0 aliphatic heterocycles. The number of ether oxygens (including phenoxy) is 1. The second-order valence-electron chi connectivity index (χ2n) is 4.96. The fraction of sp³-hybridized carbons (Fsp3) is 0.467. The fourth-order valence-corrected chi connectivity index (χ4v) is 2.00. The van der Waals surface area contributed by atoms with Gasteiger partial charge in [0.2, 0.25) is 5.39 Å². The Morgan fingerprint density at radius 3 is 2.32 bits per heavy atom. The molecule has 0 radical (unpaired) electrons. The molecule has 0 heterocycles. The number of aliphatic hydroxyl groups excluding tert-OH is 1. The lowest BCUT2D eigenvalue weighted by Gasteiger charge is -2.20. The van der Waals surface area contributed by atoms with Crippen LogP contribution in [-0.2, 0) is 0 Å². The van der Waals surface area contributed by atoms with E-state index >= 15 is 0 Å². The maximum Gasteiger partial charge on any atom is 0.395 e. The number of hydrogen-bond donors (Lipinski definition) is 1. The Morgan fingerprint density at radius 1 is 1.32 bits per heavy atom. The molecule has 1 aromatic rings. The lowest BCUT2D eigenvalue weighted by atomic mass is 9.85. The Hall–Kier alpha value is -2.02. The molecule has 0 bridgehead atoms. The van der Waals surface area contributed by atoms with Crippen LogP contribution >= 0.6 is 0 Å². The second-order valence-corrected chi connectivity index (χ2v) is 4.96. The van der Waals surface area contributed by atoms with E-state index in [0.29, 0.717) is 12.3 Å². The Kier molecular flexibility index (Phi) is 5.37. The first-order chi connectivity index (χ1) is 8.99. The number of hydrogen-bond acceptors (Lipinski definition) is 3. The topological polar surface area (TPSA) is 57.6 Å². The minimum atomic E-state index is 0.122. The summed E-state index contributed by atoms with van der Waals surface area (Å²) in [5, 5.41) is 18.6. The molecule has 0 aromatic heterocycles. The quantitative estimate of drug-likeness (QED) is 0.628. The highest BCUT2D eigenvalue weighted by atomic mass is 16.5. The molecule has 19 heavy (non-hydrogen) atoms. The number of aliphatic hydroxyl groups is 1. The third-order valence-electron chi connectivity index (χ3n) is 3.33. The molecule has 0 saturated carbocycles. The van der Waals surface area contributed by atoms with Crippen LogP contribution in [0.15, 0.2) is 35.7 Å². The van der Waals surface area contributed by atoms with Gasteiger partial charge in [-0.05, 0) is 29.5 Å². The van der Waals surface area contributed by atoms with Gasteiger partial charge < -0.3 is 9.84 Å². The van der Waals surface area contributed by atoms with Gasteiger partial charge in [0.05, 0.1) is 7.11 Å². The van der Waals surface area contributed by atoms with Gasteiger partial charge in [0.25, 0.3) is 0 Å². The van der Waals surface area contributed by atoms with Crippen molar-refractivity contribution in [2.45, 2.75) is 33.1 Å². The van der Waals surface area contributed by atoms with Crippen LogP contribution in [0.25, 0.3) is 4.98 Å². The summed E-state index contributed by atoms with van der Waals surface area (Å²) in [5.41, 5.74) is 1.40. The molecular formula is C15H21N2O2+. The zero-order valence-electron chi connectivity index (χ0n) is 11.9. The highest BCUT2D eigenvalue weighted by Crippen LogP contribution is 2.32. The van der Waals surface area contributed by atoms with Crippen molar-refractivity contribution in [3.05, 3.63) is 46.3 Å². The third-order valence-corrected chi connectivity index (χ3v) is 3.33. The van der Waals surface area contributed by atoms with Crippen LogP contribution in [-0.4, -0.2) is 12.2 Å². The minimum Gasteiger partial charge on any atom is -0.505 e. The fourth-order valence-electron chi connectivity index (χ4n) is 2.00. The molecule has 0 aliphatic rings. The van der Waals surface area contributed by atoms with E-state index < -0.39 is 0 Å². The molecule has 0 spiro atoms. The molecule has 0 aliphatic carbocycles. The number of benzene rings is 1. The number of allylic oxidation sites excluding steroid dienone is 2. The van der Waals surface area contributed by atoms with Gasteiger partial charge in [-0.25, -0.2) is 0 Å². The summed E-state index contributed by atoms with van der Waals surface area (Å²) in [7, 11) is 1.63. The maximum absolute atomic E-state index is 9.90. The van der Waals surface area contributed by atoms with Gasteiger partial charge in [-0.15, -0.1) is 0 Å². The van der Waals surface area contributed by atoms with Crippen molar-refractivity contribution in [2.75, 3.05) is 7.11 Å². The second kappa shape index (κ2) is 6.79. The summed E-state index contributed by atoms with van der Waals surface area (Å²) >= 11 is 0. The van der Waals surface area contributed by atoms with Gasteiger partial charge in [0.15, 0.2) is 10.7 Å². The molecular weight excluding hydrogens is 240 g/mol. The lowest BCUT2D eigenvalue weighted by molar-refractivity contribution is 0.346. The smallest absolute Gasteiger partial charge is 0.395 e. The third kappa shape index (κ3) is 3.99. The molecule has 0 saturated heterocycles. The van der Waals surface area contributed by atoms with Crippen LogP contribution < -0.4 is 4.74 Å². The van der Waals surface area contributed by atoms with E-state index in [1.54, 1.807) is 14.0 Å². The average molecular weight is 261 g/mol. The molecule has 1 N–H and O–H groups in total. The molecule has 0 amide bonds. The van der Waals surface area contributed by atoms with Crippen molar-refractivity contribution in [1.82, 2.24) is 0 Å². The first kappa shape index (κ1) is 15.0. The summed E-state index contributed by atoms with van der Waals surface area (Å²) < 4.78 is 5.14. The van der Waals surface area contributed by atoms with Crippen LogP contribution in [0.4, 0.5) is 0 Å². The van der Waals surface area contributed by atoms with Crippen LogP contribution in [0.2, 0.25) is 0 Å². The number of methoxy groups -OCH3 is 1. The Labute approximate surface area is 114 Å². The van der Waals surface area contributed by atoms with Gasteiger partial charge in [-0.2, -0.15) is 0 Å². The van der Waals surface area contributed by atoms with E-state index in [9.17, 15) is 5.11 Å². The highest BCUT2D eigenvalue weighted by molar-refractivity contribution is 5.30. The number of rotatable bonds is 5. The van der Waals surface area contributed by atoms with Crippen LogP contribution in [0, 0.1) is 11.3 Å². The Balaban J connectivity index is 2.98. The average Bonchev–Trinajstić information content (AvgIpc) is 2.43. The number of nitrogens with zero attached hydrogens (tertiary/aromatic N) is 2. The van der Waals surface area contributed by atoms with E-state index in [2.05, 4.69) is 18.8 Å². The zero-order valence-corrected chi connectivity index (χ0v) is 11.9. The predicted octanol–water partition coefficient (Wildman–Crippen LogP) is 4.47. The van der Waals surface area contributed by atoms with E-state index in [1.807, 2.05) is 24.3 Å². The van der Waals surface area contributed by atoms with Crippen molar-refractivity contribution < 1.29 is 9.84 Å². The number of diazo groups is 1. The largest absolute Gasteiger partial charge is 0.505 e. The molecule has 4 heteroatoms. The van der Waals surface area contributed by atoms with Gasteiger partial charge in [-0.3, -0.25) is 0 Å². The summed E-state index contributed by atoms with van der Waals surface area (Å²) in [4.78, 5) is 3.03.